The van der Waals surface area contributed by atoms with Crippen LogP contribution in [0.4, 0.5) is 5.69 Å². The first kappa shape index (κ1) is 26.0. The SMILES string of the molecule is COc1ccc(CCN2C(=O)[C@H]3[C@@H](C2=O)[C@]2(N[C@@H]3CCC(=O)O)C(=O)Nc3c(Cl)cc(C)cc32)cc1OC. The molecule has 0 radical (unpaired) electrons. The second-order valence-corrected chi connectivity index (χ2v) is 10.3. The maximum Gasteiger partial charge on any atom is 0.303 e. The predicted octanol–water partition coefficient (Wildman–Crippen LogP) is 2.49. The lowest BCUT2D eigenvalue weighted by molar-refractivity contribution is -0.143. The summed E-state index contributed by atoms with van der Waals surface area (Å²) in [7, 11) is 3.06. The van der Waals surface area contributed by atoms with Gasteiger partial charge in [0.2, 0.25) is 17.7 Å². The van der Waals surface area contributed by atoms with Crippen LogP contribution < -0.4 is 20.1 Å². The second-order valence-electron chi connectivity index (χ2n) is 9.89. The Morgan fingerprint density at radius 2 is 1.84 bits per heavy atom. The Morgan fingerprint density at radius 1 is 1.11 bits per heavy atom. The first-order chi connectivity index (χ1) is 18.1. The lowest BCUT2D eigenvalue weighted by Crippen LogP contribution is -2.53. The maximum absolute atomic E-state index is 13.9. The zero-order valence-electron chi connectivity index (χ0n) is 21.2. The highest BCUT2D eigenvalue weighted by atomic mass is 35.5. The van der Waals surface area contributed by atoms with Gasteiger partial charge in [0.1, 0.15) is 5.54 Å². The summed E-state index contributed by atoms with van der Waals surface area (Å²) in [5.41, 5.74) is 1.00. The van der Waals surface area contributed by atoms with Crippen molar-refractivity contribution >= 4 is 41.0 Å². The summed E-state index contributed by atoms with van der Waals surface area (Å²) in [5.74, 6) is -3.21. The van der Waals surface area contributed by atoms with E-state index in [4.69, 9.17) is 21.1 Å². The van der Waals surface area contributed by atoms with Crippen LogP contribution in [0.2, 0.25) is 5.02 Å². The number of methoxy groups -OCH3 is 2. The lowest BCUT2D eigenvalue weighted by Gasteiger charge is -2.29. The summed E-state index contributed by atoms with van der Waals surface area (Å²) >= 11 is 6.44. The maximum atomic E-state index is 13.9. The summed E-state index contributed by atoms with van der Waals surface area (Å²) in [6.45, 7) is 1.93. The summed E-state index contributed by atoms with van der Waals surface area (Å²) in [6, 6.07) is 8.18. The molecule has 2 saturated heterocycles. The van der Waals surface area contributed by atoms with Crippen molar-refractivity contribution in [1.29, 1.82) is 0 Å². The van der Waals surface area contributed by atoms with Gasteiger partial charge in [0.25, 0.3) is 0 Å². The number of hydrogen-bond acceptors (Lipinski definition) is 7. The number of benzene rings is 2. The average Bonchev–Trinajstić information content (AvgIpc) is 3.46. The van der Waals surface area contributed by atoms with Crippen molar-refractivity contribution in [2.24, 2.45) is 11.8 Å². The van der Waals surface area contributed by atoms with Crippen molar-refractivity contribution < 1.29 is 33.8 Å². The Kier molecular flexibility index (Phi) is 6.56. The van der Waals surface area contributed by atoms with Gasteiger partial charge >= 0.3 is 5.97 Å². The number of carboxylic acid groups (broad SMARTS) is 1. The molecule has 200 valence electrons. The van der Waals surface area contributed by atoms with Crippen molar-refractivity contribution in [2.45, 2.75) is 37.8 Å². The normalized spacial score (nSPS) is 25.5. The Morgan fingerprint density at radius 3 is 2.53 bits per heavy atom. The molecule has 4 atom stereocenters. The third kappa shape index (κ3) is 3.90. The molecule has 2 aromatic carbocycles. The van der Waals surface area contributed by atoms with Gasteiger partial charge in [-0.15, -0.1) is 0 Å². The number of halogens is 1. The van der Waals surface area contributed by atoms with Gasteiger partial charge in [-0.05, 0) is 49.1 Å². The summed E-state index contributed by atoms with van der Waals surface area (Å²) < 4.78 is 10.6. The molecule has 3 N–H and O–H groups in total. The van der Waals surface area contributed by atoms with Crippen LogP contribution in [0, 0.1) is 18.8 Å². The van der Waals surface area contributed by atoms with E-state index in [2.05, 4.69) is 10.6 Å². The topological polar surface area (TPSA) is 134 Å². The minimum atomic E-state index is -1.52. The van der Waals surface area contributed by atoms with Gasteiger partial charge in [-0.2, -0.15) is 0 Å². The van der Waals surface area contributed by atoms with Crippen LogP contribution in [0.5, 0.6) is 11.5 Å². The number of fused-ring (bicyclic) bond motifs is 4. The molecule has 3 aliphatic heterocycles. The van der Waals surface area contributed by atoms with E-state index in [1.54, 1.807) is 24.3 Å². The van der Waals surface area contributed by atoms with Crippen molar-refractivity contribution in [3.8, 4) is 11.5 Å². The number of carboxylic acids is 1. The predicted molar refractivity (Wildman–Crippen MR) is 137 cm³/mol. The fourth-order valence-corrected chi connectivity index (χ4v) is 6.40. The molecular weight excluding hydrogens is 514 g/mol. The van der Waals surface area contributed by atoms with Gasteiger partial charge in [0.15, 0.2) is 11.5 Å². The van der Waals surface area contributed by atoms with E-state index in [0.717, 1.165) is 11.1 Å². The number of aliphatic carboxylic acids is 1. The minimum absolute atomic E-state index is 0.0863. The van der Waals surface area contributed by atoms with E-state index in [1.165, 1.54) is 19.1 Å². The fourth-order valence-electron chi connectivity index (χ4n) is 6.08. The number of carbonyl (C=O) groups excluding carboxylic acids is 3. The molecule has 0 saturated carbocycles. The van der Waals surface area contributed by atoms with Crippen molar-refractivity contribution in [3.05, 3.63) is 52.0 Å². The smallest absolute Gasteiger partial charge is 0.303 e. The van der Waals surface area contributed by atoms with Crippen LogP contribution in [0.25, 0.3) is 0 Å². The number of nitrogens with zero attached hydrogens (tertiary/aromatic N) is 1. The van der Waals surface area contributed by atoms with Gasteiger partial charge in [-0.1, -0.05) is 23.7 Å². The zero-order valence-corrected chi connectivity index (χ0v) is 21.9. The van der Waals surface area contributed by atoms with E-state index in [0.29, 0.717) is 34.2 Å². The van der Waals surface area contributed by atoms with Crippen molar-refractivity contribution in [1.82, 2.24) is 10.2 Å². The van der Waals surface area contributed by atoms with Crippen LogP contribution in [-0.2, 0) is 31.1 Å². The molecule has 0 aromatic heterocycles. The second kappa shape index (κ2) is 9.59. The van der Waals surface area contributed by atoms with E-state index >= 15 is 0 Å². The summed E-state index contributed by atoms with van der Waals surface area (Å²) in [5, 5.41) is 15.7. The molecule has 10 nitrogen and oxygen atoms in total. The largest absolute Gasteiger partial charge is 0.493 e. The molecule has 11 heteroatoms. The number of carbonyl (C=O) groups is 4. The van der Waals surface area contributed by atoms with E-state index < -0.39 is 47.1 Å². The number of nitrogens with one attached hydrogen (secondary N) is 2. The van der Waals surface area contributed by atoms with Crippen LogP contribution >= 0.6 is 11.6 Å². The fraction of sp³-hybridized carbons (Fsp3) is 0.407. The van der Waals surface area contributed by atoms with Gasteiger partial charge in [0, 0.05) is 24.6 Å². The molecule has 1 spiro atoms. The van der Waals surface area contributed by atoms with E-state index in [-0.39, 0.29) is 19.4 Å². The van der Waals surface area contributed by atoms with Gasteiger partial charge in [-0.25, -0.2) is 0 Å². The molecule has 2 aromatic rings. The molecule has 3 amide bonds. The van der Waals surface area contributed by atoms with Crippen molar-refractivity contribution in [3.63, 3.8) is 0 Å². The number of likely N-dealkylation sites (tertiary alicyclic amines) is 1. The van der Waals surface area contributed by atoms with Crippen molar-refractivity contribution in [2.75, 3.05) is 26.1 Å². The highest BCUT2D eigenvalue weighted by molar-refractivity contribution is 6.35. The van der Waals surface area contributed by atoms with Gasteiger partial charge in [0.05, 0.1) is 36.8 Å². The van der Waals surface area contributed by atoms with Gasteiger partial charge < -0.3 is 19.9 Å². The summed E-state index contributed by atoms with van der Waals surface area (Å²) in [6.07, 6.45) is 0.237. The quantitative estimate of drug-likeness (QED) is 0.434. The molecule has 0 bridgehead atoms. The number of rotatable bonds is 8. The number of amides is 3. The number of ether oxygens (including phenoxy) is 2. The molecule has 0 aliphatic carbocycles. The van der Waals surface area contributed by atoms with E-state index in [9.17, 15) is 24.3 Å². The molecule has 3 aliphatic rings. The third-order valence-corrected chi connectivity index (χ3v) is 8.05. The highest BCUT2D eigenvalue weighted by Crippen LogP contribution is 2.55. The molecule has 3 heterocycles. The van der Waals surface area contributed by atoms with Gasteiger partial charge in [-0.3, -0.25) is 29.4 Å². The number of imide groups is 1. The van der Waals surface area contributed by atoms with Crippen LogP contribution in [0.3, 0.4) is 0 Å². The standard InChI is InChI=1S/C27H28ClN3O7/c1-13-10-15-23(16(28)11-13)29-26(36)27(15)22-21(17(30-27)5-7-20(32)33)24(34)31(25(22)35)9-8-14-4-6-18(37-2)19(12-14)38-3/h4,6,10-12,17,21-22,30H,5,7-9H2,1-3H3,(H,29,36)(H,32,33)/t17-,21-,22+,27+/m1/s1. The molecular formula is C27H28ClN3O7. The monoisotopic (exact) mass is 541 g/mol. The Hall–Kier alpha value is -3.63. The summed E-state index contributed by atoms with van der Waals surface area (Å²) in [4.78, 5) is 53.7. The number of aryl methyl sites for hydroxylation is 1. The zero-order chi connectivity index (χ0) is 27.4. The van der Waals surface area contributed by atoms with E-state index in [1.807, 2.05) is 13.0 Å². The first-order valence-electron chi connectivity index (χ1n) is 12.3. The minimum Gasteiger partial charge on any atom is -0.493 e. The van der Waals surface area contributed by atoms with Crippen LogP contribution in [0.1, 0.15) is 29.5 Å². The highest BCUT2D eigenvalue weighted by Gasteiger charge is 2.70. The lowest BCUT2D eigenvalue weighted by atomic mass is 9.76. The molecule has 5 rings (SSSR count). The molecule has 38 heavy (non-hydrogen) atoms. The number of hydrogen-bond donors (Lipinski definition) is 3. The third-order valence-electron chi connectivity index (χ3n) is 7.75. The Balaban J connectivity index is 1.50. The molecule has 2 fully saturated rings. The first-order valence-corrected chi connectivity index (χ1v) is 12.7. The molecule has 0 unspecified atom stereocenters. The Labute approximate surface area is 224 Å². The number of anilines is 1. The average molecular weight is 542 g/mol. The van der Waals surface area contributed by atoms with Crippen LogP contribution in [0.15, 0.2) is 30.3 Å². The Bertz CT molecular complexity index is 1360. The van der Waals surface area contributed by atoms with Crippen LogP contribution in [-0.4, -0.2) is 60.5 Å².